The fraction of sp³-hybridized carbons (Fsp3) is 0.286. The second kappa shape index (κ2) is 6.10. The van der Waals surface area contributed by atoms with E-state index in [1.807, 2.05) is 13.8 Å². The van der Waals surface area contributed by atoms with Gasteiger partial charge in [-0.2, -0.15) is 5.10 Å². The topological polar surface area (TPSA) is 76.2 Å². The predicted octanol–water partition coefficient (Wildman–Crippen LogP) is 2.46. The Labute approximate surface area is 117 Å². The molecule has 6 nitrogen and oxygen atoms in total. The molecule has 1 aromatic carbocycles. The molecule has 1 aromatic heterocycles. The number of nitrogens with zero attached hydrogens (tertiary/aromatic N) is 1. The minimum absolute atomic E-state index is 0.0162. The third-order valence-corrected chi connectivity index (χ3v) is 2.53. The molecule has 2 N–H and O–H groups in total. The van der Waals surface area contributed by atoms with Gasteiger partial charge in [-0.3, -0.25) is 9.89 Å². The number of nitrogens with one attached hydrogen (secondary N) is 2. The van der Waals surface area contributed by atoms with Crippen molar-refractivity contribution in [1.29, 1.82) is 0 Å². The number of H-pyrrole nitrogens is 1. The fourth-order valence-corrected chi connectivity index (χ4v) is 1.68. The number of hydrogen-bond acceptors (Lipinski definition) is 4. The van der Waals surface area contributed by atoms with Crippen molar-refractivity contribution in [2.45, 2.75) is 20.0 Å². The molecule has 6 heteroatoms. The molecule has 1 heterocycles. The molecule has 0 unspecified atom stereocenters. The highest BCUT2D eigenvalue weighted by Crippen LogP contribution is 2.31. The number of anilines is 1. The summed E-state index contributed by atoms with van der Waals surface area (Å²) in [4.78, 5) is 11.9. The first-order chi connectivity index (χ1) is 9.60. The van der Waals surface area contributed by atoms with Crippen molar-refractivity contribution in [2.24, 2.45) is 0 Å². The van der Waals surface area contributed by atoms with E-state index in [2.05, 4.69) is 15.5 Å². The number of aromatic nitrogens is 2. The van der Waals surface area contributed by atoms with Crippen molar-refractivity contribution in [3.8, 4) is 11.5 Å². The summed E-state index contributed by atoms with van der Waals surface area (Å²) in [6, 6.07) is 6.83. The molecule has 20 heavy (non-hydrogen) atoms. The van der Waals surface area contributed by atoms with E-state index in [0.29, 0.717) is 22.9 Å². The highest BCUT2D eigenvalue weighted by Gasteiger charge is 2.11. The van der Waals surface area contributed by atoms with Crippen LogP contribution in [0.3, 0.4) is 0 Å². The predicted molar refractivity (Wildman–Crippen MR) is 75.3 cm³/mol. The van der Waals surface area contributed by atoms with E-state index in [9.17, 15) is 4.79 Å². The van der Waals surface area contributed by atoms with Crippen LogP contribution < -0.4 is 14.8 Å². The molecule has 0 radical (unpaired) electrons. The Morgan fingerprint density at radius 2 is 2.10 bits per heavy atom. The molecule has 0 bridgehead atoms. The Bertz CT molecular complexity index is 579. The first-order valence-corrected chi connectivity index (χ1v) is 6.25. The highest BCUT2D eigenvalue weighted by molar-refractivity contribution is 6.02. The van der Waals surface area contributed by atoms with E-state index >= 15 is 0 Å². The summed E-state index contributed by atoms with van der Waals surface area (Å²) in [5.41, 5.74) is 1.02. The summed E-state index contributed by atoms with van der Waals surface area (Å²) in [5, 5.41) is 9.11. The molecular formula is C14H17N3O3. The minimum atomic E-state index is -0.261. The van der Waals surface area contributed by atoms with Crippen LogP contribution in [0.15, 0.2) is 30.5 Å². The Hall–Kier alpha value is -2.50. The Balaban J connectivity index is 2.18. The number of aromatic amines is 1. The van der Waals surface area contributed by atoms with Crippen molar-refractivity contribution in [3.63, 3.8) is 0 Å². The molecule has 0 aliphatic rings. The number of benzene rings is 1. The lowest BCUT2D eigenvalue weighted by Gasteiger charge is -2.15. The molecule has 2 aromatic rings. The average Bonchev–Trinajstić information content (AvgIpc) is 2.92. The van der Waals surface area contributed by atoms with Crippen molar-refractivity contribution in [1.82, 2.24) is 10.2 Å². The van der Waals surface area contributed by atoms with E-state index < -0.39 is 0 Å². The second-order valence-corrected chi connectivity index (χ2v) is 4.46. The lowest BCUT2D eigenvalue weighted by Crippen LogP contribution is -2.13. The summed E-state index contributed by atoms with van der Waals surface area (Å²) in [6.45, 7) is 3.85. The van der Waals surface area contributed by atoms with Gasteiger partial charge in [-0.05, 0) is 32.0 Å². The van der Waals surface area contributed by atoms with E-state index in [4.69, 9.17) is 9.47 Å². The lowest BCUT2D eigenvalue weighted by atomic mass is 10.2. The first kappa shape index (κ1) is 13.9. The third-order valence-electron chi connectivity index (χ3n) is 2.53. The van der Waals surface area contributed by atoms with Crippen molar-refractivity contribution < 1.29 is 14.3 Å². The number of amides is 1. The molecule has 0 saturated heterocycles. The first-order valence-electron chi connectivity index (χ1n) is 6.25. The van der Waals surface area contributed by atoms with Crippen LogP contribution in [0, 0.1) is 0 Å². The van der Waals surface area contributed by atoms with Gasteiger partial charge in [-0.25, -0.2) is 0 Å². The number of methoxy groups -OCH3 is 1. The van der Waals surface area contributed by atoms with Gasteiger partial charge in [0.2, 0.25) is 0 Å². The normalized spacial score (nSPS) is 10.4. The van der Waals surface area contributed by atoms with Gasteiger partial charge in [-0.1, -0.05) is 0 Å². The maximum Gasteiger partial charge on any atom is 0.273 e. The summed E-state index contributed by atoms with van der Waals surface area (Å²) < 4.78 is 10.9. The van der Waals surface area contributed by atoms with Gasteiger partial charge in [-0.15, -0.1) is 0 Å². The molecule has 2 rings (SSSR count). The van der Waals surface area contributed by atoms with Gasteiger partial charge in [0.15, 0.2) is 11.5 Å². The highest BCUT2D eigenvalue weighted by atomic mass is 16.5. The van der Waals surface area contributed by atoms with Crippen LogP contribution in [0.5, 0.6) is 11.5 Å². The number of rotatable bonds is 5. The van der Waals surface area contributed by atoms with Gasteiger partial charge in [0.05, 0.1) is 13.2 Å². The molecule has 0 atom stereocenters. The Kier molecular flexibility index (Phi) is 4.24. The van der Waals surface area contributed by atoms with Gasteiger partial charge < -0.3 is 14.8 Å². The zero-order valence-electron chi connectivity index (χ0n) is 11.6. The van der Waals surface area contributed by atoms with Crippen molar-refractivity contribution in [3.05, 3.63) is 36.2 Å². The number of ether oxygens (including phenoxy) is 2. The lowest BCUT2D eigenvalue weighted by molar-refractivity contribution is 0.102. The van der Waals surface area contributed by atoms with E-state index in [0.717, 1.165) is 0 Å². The average molecular weight is 275 g/mol. The van der Waals surface area contributed by atoms with Crippen molar-refractivity contribution >= 4 is 11.6 Å². The summed E-state index contributed by atoms with van der Waals surface area (Å²) in [7, 11) is 1.57. The van der Waals surface area contributed by atoms with Crippen LogP contribution in [0.1, 0.15) is 24.3 Å². The van der Waals surface area contributed by atoms with Crippen LogP contribution in [-0.2, 0) is 0 Å². The maximum atomic E-state index is 11.9. The van der Waals surface area contributed by atoms with Crippen molar-refractivity contribution in [2.75, 3.05) is 12.4 Å². The van der Waals surface area contributed by atoms with Gasteiger partial charge in [0.1, 0.15) is 5.69 Å². The molecule has 106 valence electrons. The standard InChI is InChI=1S/C14H17N3O3/c1-9(2)20-13-8-10(4-5-12(13)19-3)16-14(18)11-6-7-15-17-11/h4-9H,1-3H3,(H,15,17)(H,16,18). The van der Waals surface area contributed by atoms with Crippen LogP contribution >= 0.6 is 0 Å². The zero-order chi connectivity index (χ0) is 14.5. The van der Waals surface area contributed by atoms with Gasteiger partial charge in [0.25, 0.3) is 5.91 Å². The number of hydrogen-bond donors (Lipinski definition) is 2. The summed E-state index contributed by atoms with van der Waals surface area (Å²) >= 11 is 0. The smallest absolute Gasteiger partial charge is 0.273 e. The van der Waals surface area contributed by atoms with E-state index in [1.54, 1.807) is 31.4 Å². The minimum Gasteiger partial charge on any atom is -0.493 e. The summed E-state index contributed by atoms with van der Waals surface area (Å²) in [6.07, 6.45) is 1.54. The maximum absolute atomic E-state index is 11.9. The Morgan fingerprint density at radius 3 is 2.70 bits per heavy atom. The Morgan fingerprint density at radius 1 is 1.30 bits per heavy atom. The largest absolute Gasteiger partial charge is 0.493 e. The van der Waals surface area contributed by atoms with Crippen LogP contribution in [-0.4, -0.2) is 29.3 Å². The van der Waals surface area contributed by atoms with E-state index in [-0.39, 0.29) is 12.0 Å². The van der Waals surface area contributed by atoms with Crippen LogP contribution in [0.25, 0.3) is 0 Å². The SMILES string of the molecule is COc1ccc(NC(=O)c2ccn[nH]2)cc1OC(C)C. The molecular weight excluding hydrogens is 258 g/mol. The molecule has 0 aliphatic heterocycles. The number of carbonyl (C=O) groups excluding carboxylic acids is 1. The molecule has 1 amide bonds. The quantitative estimate of drug-likeness (QED) is 0.878. The molecule has 0 aliphatic carbocycles. The van der Waals surface area contributed by atoms with Crippen LogP contribution in [0.2, 0.25) is 0 Å². The third kappa shape index (κ3) is 3.28. The van der Waals surface area contributed by atoms with Gasteiger partial charge >= 0.3 is 0 Å². The molecule has 0 fully saturated rings. The number of carbonyl (C=O) groups is 1. The molecule has 0 spiro atoms. The zero-order valence-corrected chi connectivity index (χ0v) is 11.6. The fourth-order valence-electron chi connectivity index (χ4n) is 1.68. The van der Waals surface area contributed by atoms with Gasteiger partial charge in [0, 0.05) is 18.0 Å². The van der Waals surface area contributed by atoms with Crippen LogP contribution in [0.4, 0.5) is 5.69 Å². The molecule has 0 saturated carbocycles. The monoisotopic (exact) mass is 275 g/mol. The summed E-state index contributed by atoms with van der Waals surface area (Å²) in [5.74, 6) is 0.950. The second-order valence-electron chi connectivity index (χ2n) is 4.46. The van der Waals surface area contributed by atoms with E-state index in [1.165, 1.54) is 6.20 Å².